The van der Waals surface area contributed by atoms with Crippen molar-refractivity contribution in [2.75, 3.05) is 13.7 Å². The topological polar surface area (TPSA) is 55.4 Å². The zero-order chi connectivity index (χ0) is 12.1. The molecule has 0 saturated heterocycles. The van der Waals surface area contributed by atoms with Gasteiger partial charge in [0.2, 0.25) is 5.91 Å². The van der Waals surface area contributed by atoms with Gasteiger partial charge in [-0.15, -0.1) is 11.3 Å². The number of halogens is 1. The Bertz CT molecular complexity index is 391. The molecule has 0 unspecified atom stereocenters. The Hall–Kier alpha value is -1.07. The number of hydrogen-bond acceptors (Lipinski definition) is 4. The summed E-state index contributed by atoms with van der Waals surface area (Å²) in [6, 6.07) is 3.54. The third kappa shape index (κ3) is 3.50. The molecule has 1 aromatic heterocycles. The molecule has 0 saturated carbocycles. The standard InChI is InChI=1S/C10H12ClNO3S/c1-6(7-3-4-8(11)16-7)10(14)12-5-9(13)15-2/h3-4,6H,5H2,1-2H3,(H,12,14)/t6-/m1/s1. The number of hydrogen-bond donors (Lipinski definition) is 1. The number of carbonyl (C=O) groups is 2. The highest BCUT2D eigenvalue weighted by Crippen LogP contribution is 2.27. The highest BCUT2D eigenvalue weighted by Gasteiger charge is 2.17. The molecule has 0 spiro atoms. The summed E-state index contributed by atoms with van der Waals surface area (Å²) in [4.78, 5) is 23.3. The van der Waals surface area contributed by atoms with Gasteiger partial charge in [-0.3, -0.25) is 9.59 Å². The molecule has 1 rings (SSSR count). The van der Waals surface area contributed by atoms with Gasteiger partial charge < -0.3 is 10.1 Å². The predicted octanol–water partition coefficient (Wildman–Crippen LogP) is 1.79. The number of rotatable bonds is 4. The van der Waals surface area contributed by atoms with Crippen LogP contribution in [0.4, 0.5) is 0 Å². The predicted molar refractivity (Wildman–Crippen MR) is 62.8 cm³/mol. The van der Waals surface area contributed by atoms with Crippen molar-refractivity contribution in [3.63, 3.8) is 0 Å². The molecule has 1 N–H and O–H groups in total. The number of amides is 1. The Kier molecular flexibility index (Phi) is 4.76. The minimum absolute atomic E-state index is 0.112. The number of nitrogens with one attached hydrogen (secondary N) is 1. The van der Waals surface area contributed by atoms with E-state index < -0.39 is 5.97 Å². The van der Waals surface area contributed by atoms with Crippen LogP contribution in [0.5, 0.6) is 0 Å². The van der Waals surface area contributed by atoms with Crippen molar-refractivity contribution in [1.29, 1.82) is 0 Å². The molecule has 0 aliphatic heterocycles. The second-order valence-corrected chi connectivity index (χ2v) is 4.90. The van der Waals surface area contributed by atoms with Crippen LogP contribution in [0.15, 0.2) is 12.1 Å². The zero-order valence-electron chi connectivity index (χ0n) is 8.95. The van der Waals surface area contributed by atoms with Gasteiger partial charge in [0.25, 0.3) is 0 Å². The fourth-order valence-corrected chi connectivity index (χ4v) is 2.19. The molecule has 88 valence electrons. The molecule has 16 heavy (non-hydrogen) atoms. The van der Waals surface area contributed by atoms with Crippen molar-refractivity contribution in [3.05, 3.63) is 21.3 Å². The van der Waals surface area contributed by atoms with Crippen LogP contribution in [-0.2, 0) is 14.3 Å². The van der Waals surface area contributed by atoms with E-state index in [-0.39, 0.29) is 18.4 Å². The van der Waals surface area contributed by atoms with Gasteiger partial charge >= 0.3 is 5.97 Å². The molecule has 0 radical (unpaired) electrons. The van der Waals surface area contributed by atoms with Gasteiger partial charge in [-0.2, -0.15) is 0 Å². The second-order valence-electron chi connectivity index (χ2n) is 3.16. The Morgan fingerprint density at radius 3 is 2.75 bits per heavy atom. The Morgan fingerprint density at radius 1 is 1.56 bits per heavy atom. The van der Waals surface area contributed by atoms with Crippen LogP contribution in [0.2, 0.25) is 4.34 Å². The van der Waals surface area contributed by atoms with Gasteiger partial charge in [-0.05, 0) is 19.1 Å². The summed E-state index contributed by atoms with van der Waals surface area (Å²) in [6.07, 6.45) is 0. The number of carbonyl (C=O) groups excluding carboxylic acids is 2. The van der Waals surface area contributed by atoms with Crippen molar-refractivity contribution >= 4 is 34.8 Å². The lowest BCUT2D eigenvalue weighted by Crippen LogP contribution is -2.32. The van der Waals surface area contributed by atoms with Crippen LogP contribution >= 0.6 is 22.9 Å². The number of esters is 1. The SMILES string of the molecule is COC(=O)CNC(=O)[C@H](C)c1ccc(Cl)s1. The van der Waals surface area contributed by atoms with Crippen LogP contribution in [-0.4, -0.2) is 25.5 Å². The normalized spacial score (nSPS) is 11.9. The summed E-state index contributed by atoms with van der Waals surface area (Å²) in [5.41, 5.74) is 0. The van der Waals surface area contributed by atoms with E-state index in [2.05, 4.69) is 10.1 Å². The first-order valence-electron chi connectivity index (χ1n) is 4.64. The summed E-state index contributed by atoms with van der Waals surface area (Å²) < 4.78 is 5.06. The highest BCUT2D eigenvalue weighted by molar-refractivity contribution is 7.16. The van der Waals surface area contributed by atoms with Crippen molar-refractivity contribution < 1.29 is 14.3 Å². The maximum absolute atomic E-state index is 11.6. The molecule has 1 atom stereocenters. The molecule has 1 amide bonds. The first kappa shape index (κ1) is 13.0. The molecule has 4 nitrogen and oxygen atoms in total. The van der Waals surface area contributed by atoms with Crippen LogP contribution < -0.4 is 5.32 Å². The van der Waals surface area contributed by atoms with E-state index in [4.69, 9.17) is 11.6 Å². The van der Waals surface area contributed by atoms with Crippen LogP contribution in [0.1, 0.15) is 17.7 Å². The summed E-state index contributed by atoms with van der Waals surface area (Å²) in [7, 11) is 1.27. The van der Waals surface area contributed by atoms with Crippen LogP contribution in [0, 0.1) is 0 Å². The number of ether oxygens (including phenoxy) is 1. The fourth-order valence-electron chi connectivity index (χ4n) is 1.07. The maximum Gasteiger partial charge on any atom is 0.325 e. The Morgan fingerprint density at radius 2 is 2.25 bits per heavy atom. The van der Waals surface area contributed by atoms with Crippen molar-refractivity contribution in [2.45, 2.75) is 12.8 Å². The first-order chi connectivity index (χ1) is 7.54. The molecular weight excluding hydrogens is 250 g/mol. The van der Waals surface area contributed by atoms with Crippen molar-refractivity contribution in [3.8, 4) is 0 Å². The van der Waals surface area contributed by atoms with E-state index in [1.165, 1.54) is 18.4 Å². The summed E-state index contributed by atoms with van der Waals surface area (Å²) in [5, 5.41) is 2.49. The van der Waals surface area contributed by atoms with Gasteiger partial charge in [0.1, 0.15) is 6.54 Å². The molecule has 0 fully saturated rings. The van der Waals surface area contributed by atoms with E-state index in [0.717, 1.165) is 4.88 Å². The van der Waals surface area contributed by atoms with Crippen molar-refractivity contribution in [1.82, 2.24) is 5.32 Å². The van der Waals surface area contributed by atoms with E-state index in [1.54, 1.807) is 19.1 Å². The summed E-state index contributed by atoms with van der Waals surface area (Å²) in [5.74, 6) is -1.00. The second kappa shape index (κ2) is 5.86. The van der Waals surface area contributed by atoms with E-state index in [0.29, 0.717) is 4.34 Å². The Labute approximate surface area is 103 Å². The lowest BCUT2D eigenvalue weighted by Gasteiger charge is -2.09. The lowest BCUT2D eigenvalue weighted by molar-refractivity contribution is -0.141. The third-order valence-electron chi connectivity index (χ3n) is 2.05. The molecule has 6 heteroatoms. The van der Waals surface area contributed by atoms with Gasteiger partial charge in [-0.25, -0.2) is 0 Å². The lowest BCUT2D eigenvalue weighted by atomic mass is 10.1. The minimum atomic E-state index is -0.468. The van der Waals surface area contributed by atoms with Gasteiger partial charge in [0.15, 0.2) is 0 Å². The smallest absolute Gasteiger partial charge is 0.325 e. The molecule has 1 heterocycles. The van der Waals surface area contributed by atoms with E-state index in [9.17, 15) is 9.59 Å². The first-order valence-corrected chi connectivity index (χ1v) is 5.83. The van der Waals surface area contributed by atoms with Crippen molar-refractivity contribution in [2.24, 2.45) is 0 Å². The maximum atomic E-state index is 11.6. The van der Waals surface area contributed by atoms with E-state index >= 15 is 0 Å². The number of methoxy groups -OCH3 is 1. The van der Waals surface area contributed by atoms with Gasteiger partial charge in [0, 0.05) is 4.88 Å². The molecular formula is C10H12ClNO3S. The molecule has 0 aliphatic carbocycles. The number of thiophene rings is 1. The van der Waals surface area contributed by atoms with E-state index in [1.807, 2.05) is 0 Å². The van der Waals surface area contributed by atoms with Crippen LogP contribution in [0.3, 0.4) is 0 Å². The van der Waals surface area contributed by atoms with Gasteiger partial charge in [0.05, 0.1) is 17.4 Å². The van der Waals surface area contributed by atoms with Gasteiger partial charge in [-0.1, -0.05) is 11.6 Å². The Balaban J connectivity index is 2.51. The molecule has 0 aliphatic rings. The molecule has 0 bridgehead atoms. The van der Waals surface area contributed by atoms with Crippen LogP contribution in [0.25, 0.3) is 0 Å². The summed E-state index contributed by atoms with van der Waals surface area (Å²) in [6.45, 7) is 1.65. The average Bonchev–Trinajstić information content (AvgIpc) is 2.71. The quantitative estimate of drug-likeness (QED) is 0.841. The average molecular weight is 262 g/mol. The third-order valence-corrected chi connectivity index (χ3v) is 3.46. The highest BCUT2D eigenvalue weighted by atomic mass is 35.5. The monoisotopic (exact) mass is 261 g/mol. The largest absolute Gasteiger partial charge is 0.468 e. The molecule has 1 aromatic rings. The minimum Gasteiger partial charge on any atom is -0.468 e. The zero-order valence-corrected chi connectivity index (χ0v) is 10.5. The molecule has 0 aromatic carbocycles. The fraction of sp³-hybridized carbons (Fsp3) is 0.400. The summed E-state index contributed by atoms with van der Waals surface area (Å²) >= 11 is 7.12.